The van der Waals surface area contributed by atoms with Crippen molar-refractivity contribution < 1.29 is 14.3 Å². The first-order valence-electron chi connectivity index (χ1n) is 9.64. The SMILES string of the molecule is COC(=O)c1c(NC(=O)Cn2nc(-c3ccc(C)s3)ccc2=O)sc2c1CCCC2. The number of thiophene rings is 2. The quantitative estimate of drug-likeness (QED) is 0.608. The fourth-order valence-corrected chi connectivity index (χ4v) is 5.67. The van der Waals surface area contributed by atoms with Crippen molar-refractivity contribution in [1.82, 2.24) is 9.78 Å². The summed E-state index contributed by atoms with van der Waals surface area (Å²) in [6, 6.07) is 6.99. The van der Waals surface area contributed by atoms with Crippen LogP contribution in [0.1, 0.15) is 38.5 Å². The van der Waals surface area contributed by atoms with Gasteiger partial charge in [-0.3, -0.25) is 9.59 Å². The van der Waals surface area contributed by atoms with Crippen LogP contribution in [0, 0.1) is 6.92 Å². The summed E-state index contributed by atoms with van der Waals surface area (Å²) in [5.41, 5.74) is 1.69. The van der Waals surface area contributed by atoms with E-state index in [1.807, 2.05) is 19.1 Å². The molecule has 4 rings (SSSR count). The number of methoxy groups -OCH3 is 1. The monoisotopic (exact) mass is 443 g/mol. The molecular formula is C21H21N3O4S2. The number of hydrogen-bond donors (Lipinski definition) is 1. The number of ether oxygens (including phenoxy) is 1. The van der Waals surface area contributed by atoms with Crippen molar-refractivity contribution >= 4 is 39.6 Å². The van der Waals surface area contributed by atoms with E-state index in [-0.39, 0.29) is 12.1 Å². The van der Waals surface area contributed by atoms with E-state index < -0.39 is 11.9 Å². The van der Waals surface area contributed by atoms with Gasteiger partial charge in [0.05, 0.1) is 17.6 Å². The number of carbonyl (C=O) groups is 2. The molecule has 9 heteroatoms. The number of rotatable bonds is 5. The Kier molecular flexibility index (Phi) is 5.83. The summed E-state index contributed by atoms with van der Waals surface area (Å²) in [6.45, 7) is 1.76. The molecule has 1 N–H and O–H groups in total. The number of hydrogen-bond acceptors (Lipinski definition) is 7. The van der Waals surface area contributed by atoms with Crippen molar-refractivity contribution in [2.75, 3.05) is 12.4 Å². The molecule has 1 aliphatic rings. The summed E-state index contributed by atoms with van der Waals surface area (Å²) in [6.07, 6.45) is 3.77. The molecule has 0 aromatic carbocycles. The van der Waals surface area contributed by atoms with Gasteiger partial charge in [0.25, 0.3) is 5.56 Å². The number of nitrogens with one attached hydrogen (secondary N) is 1. The number of anilines is 1. The van der Waals surface area contributed by atoms with Crippen molar-refractivity contribution in [3.05, 3.63) is 55.5 Å². The van der Waals surface area contributed by atoms with Crippen molar-refractivity contribution in [3.8, 4) is 10.6 Å². The van der Waals surface area contributed by atoms with Crippen LogP contribution < -0.4 is 10.9 Å². The Balaban J connectivity index is 1.58. The van der Waals surface area contributed by atoms with Gasteiger partial charge in [-0.25, -0.2) is 9.48 Å². The molecule has 0 bridgehead atoms. The molecule has 7 nitrogen and oxygen atoms in total. The number of aromatic nitrogens is 2. The molecule has 1 amide bonds. The second kappa shape index (κ2) is 8.53. The molecule has 156 valence electrons. The topological polar surface area (TPSA) is 90.3 Å². The van der Waals surface area contributed by atoms with Crippen molar-refractivity contribution in [2.24, 2.45) is 0 Å². The molecule has 3 aromatic heterocycles. The lowest BCUT2D eigenvalue weighted by Crippen LogP contribution is -2.29. The maximum atomic E-state index is 12.7. The average molecular weight is 444 g/mol. The van der Waals surface area contributed by atoms with Crippen molar-refractivity contribution in [2.45, 2.75) is 39.2 Å². The van der Waals surface area contributed by atoms with Gasteiger partial charge in [-0.1, -0.05) is 0 Å². The molecule has 0 atom stereocenters. The largest absolute Gasteiger partial charge is 0.465 e. The van der Waals surface area contributed by atoms with Gasteiger partial charge in [0.15, 0.2) is 0 Å². The highest BCUT2D eigenvalue weighted by Crippen LogP contribution is 2.38. The first-order chi connectivity index (χ1) is 14.5. The van der Waals surface area contributed by atoms with Gasteiger partial charge >= 0.3 is 5.97 Å². The molecular weight excluding hydrogens is 422 g/mol. The zero-order valence-electron chi connectivity index (χ0n) is 16.7. The van der Waals surface area contributed by atoms with Gasteiger partial charge in [0.2, 0.25) is 5.91 Å². The highest BCUT2D eigenvalue weighted by atomic mass is 32.1. The smallest absolute Gasteiger partial charge is 0.341 e. The third kappa shape index (κ3) is 4.08. The molecule has 3 heterocycles. The summed E-state index contributed by atoms with van der Waals surface area (Å²) in [5.74, 6) is -0.858. The van der Waals surface area contributed by atoms with E-state index in [0.717, 1.165) is 50.6 Å². The molecule has 30 heavy (non-hydrogen) atoms. The number of carbonyl (C=O) groups excluding carboxylic acids is 2. The van der Waals surface area contributed by atoms with Crippen LogP contribution in [-0.2, 0) is 28.9 Å². The normalized spacial score (nSPS) is 13.0. The van der Waals surface area contributed by atoms with E-state index in [0.29, 0.717) is 16.3 Å². The minimum atomic E-state index is -0.449. The lowest BCUT2D eigenvalue weighted by atomic mass is 9.95. The van der Waals surface area contributed by atoms with Crippen LogP contribution in [0.2, 0.25) is 0 Å². The van der Waals surface area contributed by atoms with Gasteiger partial charge in [-0.15, -0.1) is 22.7 Å². The molecule has 0 saturated carbocycles. The summed E-state index contributed by atoms with van der Waals surface area (Å²) < 4.78 is 6.08. The summed E-state index contributed by atoms with van der Waals surface area (Å²) in [5, 5.41) is 7.63. The van der Waals surface area contributed by atoms with Crippen LogP contribution in [0.3, 0.4) is 0 Å². The highest BCUT2D eigenvalue weighted by Gasteiger charge is 2.27. The van der Waals surface area contributed by atoms with E-state index in [1.54, 1.807) is 17.4 Å². The van der Waals surface area contributed by atoms with Crippen LogP contribution in [0.15, 0.2) is 29.1 Å². The second-order valence-electron chi connectivity index (χ2n) is 7.08. The van der Waals surface area contributed by atoms with Gasteiger partial charge in [0, 0.05) is 15.8 Å². The van der Waals surface area contributed by atoms with Gasteiger partial charge < -0.3 is 10.1 Å². The van der Waals surface area contributed by atoms with Crippen LogP contribution >= 0.6 is 22.7 Å². The van der Waals surface area contributed by atoms with Crippen LogP contribution in [0.4, 0.5) is 5.00 Å². The second-order valence-corrected chi connectivity index (χ2v) is 9.47. The number of esters is 1. The van der Waals surface area contributed by atoms with E-state index >= 15 is 0 Å². The fourth-order valence-electron chi connectivity index (χ4n) is 3.54. The van der Waals surface area contributed by atoms with Crippen LogP contribution in [0.5, 0.6) is 0 Å². The van der Waals surface area contributed by atoms with Crippen molar-refractivity contribution in [3.63, 3.8) is 0 Å². The average Bonchev–Trinajstić information content (AvgIpc) is 3.32. The highest BCUT2D eigenvalue weighted by molar-refractivity contribution is 7.17. The van der Waals surface area contributed by atoms with E-state index in [9.17, 15) is 14.4 Å². The molecule has 0 saturated heterocycles. The van der Waals surface area contributed by atoms with Crippen LogP contribution in [0.25, 0.3) is 10.6 Å². The Morgan fingerprint density at radius 1 is 1.17 bits per heavy atom. The predicted octanol–water partition coefficient (Wildman–Crippen LogP) is 3.65. The zero-order chi connectivity index (χ0) is 21.3. The molecule has 0 spiro atoms. The molecule has 0 unspecified atom stereocenters. The molecule has 1 aliphatic carbocycles. The lowest BCUT2D eigenvalue weighted by molar-refractivity contribution is -0.116. The first-order valence-corrected chi connectivity index (χ1v) is 11.3. The molecule has 0 aliphatic heterocycles. The standard InChI is InChI=1S/C21H21N3O4S2/c1-12-7-9-16(29-12)14-8-10-18(26)24(23-14)11-17(25)22-20-19(21(27)28-2)13-5-3-4-6-15(13)30-20/h7-10H,3-6,11H2,1-2H3,(H,22,25). The number of amides is 1. The Morgan fingerprint density at radius 3 is 2.70 bits per heavy atom. The predicted molar refractivity (Wildman–Crippen MR) is 117 cm³/mol. The third-order valence-corrected chi connectivity index (χ3v) is 7.20. The minimum absolute atomic E-state index is 0.236. The Labute approximate surface area is 181 Å². The van der Waals surface area contributed by atoms with Crippen LogP contribution in [-0.4, -0.2) is 28.8 Å². The summed E-state index contributed by atoms with van der Waals surface area (Å²) >= 11 is 2.98. The maximum Gasteiger partial charge on any atom is 0.341 e. The number of aryl methyl sites for hydroxylation is 2. The van der Waals surface area contributed by atoms with Gasteiger partial charge in [-0.2, -0.15) is 5.10 Å². The Bertz CT molecular complexity index is 1180. The zero-order valence-corrected chi connectivity index (χ0v) is 18.3. The Morgan fingerprint density at radius 2 is 1.97 bits per heavy atom. The fraction of sp³-hybridized carbons (Fsp3) is 0.333. The molecule has 0 fully saturated rings. The number of nitrogens with zero attached hydrogens (tertiary/aromatic N) is 2. The minimum Gasteiger partial charge on any atom is -0.465 e. The first kappa shape index (κ1) is 20.5. The molecule has 3 aromatic rings. The van der Waals surface area contributed by atoms with Gasteiger partial charge in [0.1, 0.15) is 17.2 Å². The lowest BCUT2D eigenvalue weighted by Gasteiger charge is -2.12. The van der Waals surface area contributed by atoms with Gasteiger partial charge in [-0.05, 0) is 56.4 Å². The molecule has 0 radical (unpaired) electrons. The van der Waals surface area contributed by atoms with E-state index in [4.69, 9.17) is 4.74 Å². The maximum absolute atomic E-state index is 12.7. The van der Waals surface area contributed by atoms with E-state index in [2.05, 4.69) is 10.4 Å². The summed E-state index contributed by atoms with van der Waals surface area (Å²) in [7, 11) is 1.34. The van der Waals surface area contributed by atoms with Crippen molar-refractivity contribution in [1.29, 1.82) is 0 Å². The Hall–Kier alpha value is -2.78. The number of fused-ring (bicyclic) bond motifs is 1. The summed E-state index contributed by atoms with van der Waals surface area (Å²) in [4.78, 5) is 40.5. The van der Waals surface area contributed by atoms with E-state index in [1.165, 1.54) is 24.5 Å². The third-order valence-electron chi connectivity index (χ3n) is 4.97.